The molecule has 0 unspecified atom stereocenters. The molecule has 19 heavy (non-hydrogen) atoms. The van der Waals surface area contributed by atoms with Crippen LogP contribution >= 0.6 is 0 Å². The van der Waals surface area contributed by atoms with E-state index < -0.39 is 0 Å². The zero-order valence-electron chi connectivity index (χ0n) is 10.6. The number of nitrogens with zero attached hydrogens (tertiary/aromatic N) is 4. The maximum atomic E-state index is 12.2. The molecule has 3 rings (SSSR count). The van der Waals surface area contributed by atoms with Gasteiger partial charge in [-0.05, 0) is 0 Å². The zero-order valence-corrected chi connectivity index (χ0v) is 10.6. The lowest BCUT2D eigenvalue weighted by atomic mass is 10.1. The van der Waals surface area contributed by atoms with Crippen LogP contribution in [-0.2, 0) is 0 Å². The van der Waals surface area contributed by atoms with Crippen molar-refractivity contribution in [2.75, 3.05) is 14.1 Å². The smallest absolute Gasteiger partial charge is 0.325 e. The molecule has 0 atom stereocenters. The maximum absolute atomic E-state index is 12.2. The van der Waals surface area contributed by atoms with Crippen molar-refractivity contribution in [3.8, 4) is 11.3 Å². The van der Waals surface area contributed by atoms with Crippen LogP contribution in [0.1, 0.15) is 10.6 Å². The highest BCUT2D eigenvalue weighted by atomic mass is 16.4. The van der Waals surface area contributed by atoms with E-state index in [0.29, 0.717) is 11.5 Å². The van der Waals surface area contributed by atoms with Crippen LogP contribution in [0.2, 0.25) is 0 Å². The summed E-state index contributed by atoms with van der Waals surface area (Å²) in [7, 11) is 3.35. The first-order chi connectivity index (χ1) is 9.18. The fourth-order valence-electron chi connectivity index (χ4n) is 1.89. The Morgan fingerprint density at radius 2 is 2.00 bits per heavy atom. The number of oxazole rings is 1. The van der Waals surface area contributed by atoms with Gasteiger partial charge in [-0.2, -0.15) is 14.6 Å². The number of amides is 1. The fraction of sp³-hybridized carbons (Fsp3) is 0.154. The summed E-state index contributed by atoms with van der Waals surface area (Å²) in [5.74, 6) is 0.335. The van der Waals surface area contributed by atoms with Crippen molar-refractivity contribution in [1.29, 1.82) is 0 Å². The number of aromatic nitrogens is 3. The van der Waals surface area contributed by atoms with Crippen LogP contribution in [0, 0.1) is 0 Å². The van der Waals surface area contributed by atoms with Crippen LogP contribution < -0.4 is 0 Å². The van der Waals surface area contributed by atoms with E-state index in [9.17, 15) is 4.79 Å². The first-order valence-corrected chi connectivity index (χ1v) is 5.78. The van der Waals surface area contributed by atoms with Crippen LogP contribution in [0.15, 0.2) is 41.1 Å². The summed E-state index contributed by atoms with van der Waals surface area (Å²) in [5.41, 5.74) is 1.48. The molecule has 0 aliphatic heterocycles. The standard InChI is InChI=1S/C13H12N4O2/c1-16(2)12(18)11-10(9-6-4-3-5-7-9)17-13(19-11)14-8-15-17/h3-8H,1-2H3. The Labute approximate surface area is 109 Å². The van der Waals surface area contributed by atoms with Crippen molar-refractivity contribution in [3.63, 3.8) is 0 Å². The summed E-state index contributed by atoms with van der Waals surface area (Å²) in [4.78, 5) is 17.6. The van der Waals surface area contributed by atoms with E-state index in [1.54, 1.807) is 14.1 Å². The topological polar surface area (TPSA) is 63.6 Å². The SMILES string of the molecule is CN(C)C(=O)c1oc2ncnn2c1-c1ccccc1. The Hall–Kier alpha value is -2.63. The predicted molar refractivity (Wildman–Crippen MR) is 68.7 cm³/mol. The average molecular weight is 256 g/mol. The molecule has 96 valence electrons. The monoisotopic (exact) mass is 256 g/mol. The van der Waals surface area contributed by atoms with Gasteiger partial charge in [0.15, 0.2) is 0 Å². The summed E-state index contributed by atoms with van der Waals surface area (Å²) in [6, 6.07) is 9.51. The average Bonchev–Trinajstić information content (AvgIpc) is 2.98. The van der Waals surface area contributed by atoms with Gasteiger partial charge in [0.05, 0.1) is 0 Å². The third-order valence-electron chi connectivity index (χ3n) is 2.78. The fourth-order valence-corrected chi connectivity index (χ4v) is 1.89. The molecule has 2 aromatic heterocycles. The van der Waals surface area contributed by atoms with E-state index in [-0.39, 0.29) is 11.7 Å². The van der Waals surface area contributed by atoms with Gasteiger partial charge >= 0.3 is 5.84 Å². The third-order valence-corrected chi connectivity index (χ3v) is 2.78. The van der Waals surface area contributed by atoms with E-state index in [1.807, 2.05) is 30.3 Å². The number of carbonyl (C=O) groups excluding carboxylic acids is 1. The molecular formula is C13H12N4O2. The highest BCUT2D eigenvalue weighted by Crippen LogP contribution is 2.26. The van der Waals surface area contributed by atoms with Crippen LogP contribution in [0.5, 0.6) is 0 Å². The van der Waals surface area contributed by atoms with Crippen molar-refractivity contribution in [2.24, 2.45) is 0 Å². The summed E-state index contributed by atoms with van der Waals surface area (Å²) in [6.45, 7) is 0. The molecule has 0 aliphatic carbocycles. The van der Waals surface area contributed by atoms with Crippen molar-refractivity contribution in [3.05, 3.63) is 42.4 Å². The normalized spacial score (nSPS) is 10.8. The summed E-state index contributed by atoms with van der Waals surface area (Å²) < 4.78 is 7.05. The molecule has 0 fully saturated rings. The first-order valence-electron chi connectivity index (χ1n) is 5.78. The highest BCUT2D eigenvalue weighted by molar-refractivity contribution is 5.97. The van der Waals surface area contributed by atoms with Gasteiger partial charge in [0, 0.05) is 19.7 Å². The molecule has 0 bridgehead atoms. The second kappa shape index (κ2) is 4.24. The number of hydrogen-bond acceptors (Lipinski definition) is 4. The minimum Gasteiger partial charge on any atom is -0.416 e. The quantitative estimate of drug-likeness (QED) is 0.700. The van der Waals surface area contributed by atoms with Crippen LogP contribution in [0.4, 0.5) is 0 Å². The molecule has 0 radical (unpaired) electrons. The lowest BCUT2D eigenvalue weighted by molar-refractivity contribution is 0.0799. The van der Waals surface area contributed by atoms with Gasteiger partial charge in [-0.1, -0.05) is 30.3 Å². The Morgan fingerprint density at radius 1 is 1.26 bits per heavy atom. The Morgan fingerprint density at radius 3 is 2.68 bits per heavy atom. The van der Waals surface area contributed by atoms with E-state index in [4.69, 9.17) is 4.42 Å². The summed E-state index contributed by atoms with van der Waals surface area (Å²) in [5, 5.41) is 4.10. The number of rotatable bonds is 2. The van der Waals surface area contributed by atoms with Gasteiger partial charge in [0.1, 0.15) is 12.0 Å². The lowest BCUT2D eigenvalue weighted by Crippen LogP contribution is -2.22. The van der Waals surface area contributed by atoms with Gasteiger partial charge in [-0.25, -0.2) is 0 Å². The molecule has 1 amide bonds. The third kappa shape index (κ3) is 1.77. The molecule has 0 saturated heterocycles. The van der Waals surface area contributed by atoms with E-state index in [2.05, 4.69) is 10.1 Å². The van der Waals surface area contributed by atoms with Gasteiger partial charge in [-0.15, -0.1) is 0 Å². The molecule has 6 heteroatoms. The van der Waals surface area contributed by atoms with Gasteiger partial charge in [0.25, 0.3) is 5.91 Å². The van der Waals surface area contributed by atoms with E-state index in [1.165, 1.54) is 15.7 Å². The molecule has 0 saturated carbocycles. The highest BCUT2D eigenvalue weighted by Gasteiger charge is 2.24. The summed E-state index contributed by atoms with van der Waals surface area (Å²) >= 11 is 0. The van der Waals surface area contributed by atoms with Gasteiger partial charge < -0.3 is 9.32 Å². The molecule has 1 aromatic carbocycles. The molecule has 6 nitrogen and oxygen atoms in total. The molecule has 2 heterocycles. The van der Waals surface area contributed by atoms with Crippen molar-refractivity contribution in [2.45, 2.75) is 0 Å². The minimum atomic E-state index is -0.217. The van der Waals surface area contributed by atoms with Crippen molar-refractivity contribution >= 4 is 11.8 Å². The molecular weight excluding hydrogens is 244 g/mol. The Kier molecular flexibility index (Phi) is 2.56. The second-order valence-corrected chi connectivity index (χ2v) is 4.30. The molecule has 0 N–H and O–H groups in total. The number of carbonyl (C=O) groups is 1. The van der Waals surface area contributed by atoms with E-state index in [0.717, 1.165) is 5.56 Å². The predicted octanol–water partition coefficient (Wildman–Crippen LogP) is 1.69. The number of hydrogen-bond donors (Lipinski definition) is 0. The minimum absolute atomic E-state index is 0.217. The van der Waals surface area contributed by atoms with E-state index >= 15 is 0 Å². The van der Waals surface area contributed by atoms with Crippen molar-refractivity contribution in [1.82, 2.24) is 19.5 Å². The van der Waals surface area contributed by atoms with Crippen LogP contribution in [0.3, 0.4) is 0 Å². The number of benzene rings is 1. The van der Waals surface area contributed by atoms with Crippen LogP contribution in [0.25, 0.3) is 17.1 Å². The second-order valence-electron chi connectivity index (χ2n) is 4.30. The number of fused-ring (bicyclic) bond motifs is 1. The first kappa shape index (κ1) is 11.5. The van der Waals surface area contributed by atoms with Crippen molar-refractivity contribution < 1.29 is 9.21 Å². The zero-order chi connectivity index (χ0) is 13.4. The molecule has 3 aromatic rings. The Bertz CT molecular complexity index is 728. The Balaban J connectivity index is 2.28. The van der Waals surface area contributed by atoms with Crippen LogP contribution in [-0.4, -0.2) is 39.5 Å². The summed E-state index contributed by atoms with van der Waals surface area (Å²) in [6.07, 6.45) is 1.40. The molecule has 0 aliphatic rings. The lowest BCUT2D eigenvalue weighted by Gasteiger charge is -2.08. The largest absolute Gasteiger partial charge is 0.416 e. The van der Waals surface area contributed by atoms with Gasteiger partial charge in [0.2, 0.25) is 5.76 Å². The maximum Gasteiger partial charge on any atom is 0.325 e. The van der Waals surface area contributed by atoms with Gasteiger partial charge in [-0.3, -0.25) is 4.79 Å². The molecule has 0 spiro atoms.